The number of nitrogens with one attached hydrogen (secondary N) is 1. The zero-order valence-corrected chi connectivity index (χ0v) is 16.1. The van der Waals surface area contributed by atoms with Gasteiger partial charge >= 0.3 is 5.97 Å². The average molecular weight is 395 g/mol. The number of ether oxygens (including phenoxy) is 3. The number of hydrogen-bond donors (Lipinski definition) is 1. The van der Waals surface area contributed by atoms with Gasteiger partial charge < -0.3 is 19.5 Å². The van der Waals surface area contributed by atoms with Gasteiger partial charge in [0.25, 0.3) is 5.91 Å². The van der Waals surface area contributed by atoms with Crippen LogP contribution in [0.1, 0.15) is 17.3 Å². The fourth-order valence-corrected chi connectivity index (χ4v) is 2.64. The highest BCUT2D eigenvalue weighted by Gasteiger charge is 2.21. The van der Waals surface area contributed by atoms with Crippen LogP contribution in [0.5, 0.6) is 11.5 Å². The van der Waals surface area contributed by atoms with E-state index in [0.717, 1.165) is 0 Å². The molecule has 29 heavy (non-hydrogen) atoms. The number of carbonyl (C=O) groups excluding carboxylic acids is 2. The van der Waals surface area contributed by atoms with Crippen LogP contribution >= 0.6 is 0 Å². The molecule has 0 aliphatic heterocycles. The number of para-hydroxylation sites is 3. The molecule has 1 N–H and O–H groups in total. The molecule has 1 aromatic heterocycles. The predicted molar refractivity (Wildman–Crippen MR) is 107 cm³/mol. The summed E-state index contributed by atoms with van der Waals surface area (Å²) in [5, 5.41) is 6.93. The minimum atomic E-state index is -0.573. The standard InChI is InChI=1S/C21H21N3O5/c1-3-28-21(26)16-13-22-24(15-9-5-4-6-10-15)20(16)23-19(25)14-29-18-12-8-7-11-17(18)27-2/h4-13H,3,14H2,1-2H3,(H,23,25). The number of aromatic nitrogens is 2. The van der Waals surface area contributed by atoms with E-state index in [-0.39, 0.29) is 24.6 Å². The van der Waals surface area contributed by atoms with Crippen LogP contribution in [0.2, 0.25) is 0 Å². The van der Waals surface area contributed by atoms with Gasteiger partial charge in [-0.15, -0.1) is 0 Å². The molecular formula is C21H21N3O5. The summed E-state index contributed by atoms with van der Waals surface area (Å²) < 4.78 is 17.3. The molecule has 0 radical (unpaired) electrons. The van der Waals surface area contributed by atoms with Gasteiger partial charge in [-0.3, -0.25) is 4.79 Å². The first-order valence-corrected chi connectivity index (χ1v) is 9.00. The van der Waals surface area contributed by atoms with Crippen molar-refractivity contribution < 1.29 is 23.8 Å². The minimum Gasteiger partial charge on any atom is -0.493 e. The maximum atomic E-state index is 12.5. The molecule has 0 atom stereocenters. The van der Waals surface area contributed by atoms with Gasteiger partial charge in [0.15, 0.2) is 23.9 Å². The Balaban J connectivity index is 1.81. The van der Waals surface area contributed by atoms with Crippen molar-refractivity contribution in [3.05, 3.63) is 66.4 Å². The Labute approximate surface area is 168 Å². The Bertz CT molecular complexity index is 985. The second-order valence-corrected chi connectivity index (χ2v) is 5.86. The van der Waals surface area contributed by atoms with Gasteiger partial charge in [0.1, 0.15) is 5.56 Å². The van der Waals surface area contributed by atoms with E-state index < -0.39 is 11.9 Å². The molecule has 0 aliphatic carbocycles. The lowest BCUT2D eigenvalue weighted by Gasteiger charge is -2.13. The smallest absolute Gasteiger partial charge is 0.343 e. The maximum Gasteiger partial charge on any atom is 0.343 e. The Kier molecular flexibility index (Phi) is 6.47. The summed E-state index contributed by atoms with van der Waals surface area (Å²) in [6, 6.07) is 16.1. The van der Waals surface area contributed by atoms with Crippen molar-refractivity contribution in [1.82, 2.24) is 9.78 Å². The molecule has 1 heterocycles. The molecule has 0 saturated carbocycles. The molecular weight excluding hydrogens is 374 g/mol. The first-order chi connectivity index (χ1) is 14.1. The van der Waals surface area contributed by atoms with Gasteiger partial charge in [-0.2, -0.15) is 5.10 Å². The van der Waals surface area contributed by atoms with E-state index in [1.807, 2.05) is 30.3 Å². The maximum absolute atomic E-state index is 12.5. The molecule has 1 amide bonds. The molecule has 8 nitrogen and oxygen atoms in total. The molecule has 0 saturated heterocycles. The number of amides is 1. The minimum absolute atomic E-state index is 0.154. The van der Waals surface area contributed by atoms with Crippen molar-refractivity contribution >= 4 is 17.7 Å². The first-order valence-electron chi connectivity index (χ1n) is 9.00. The Hall–Kier alpha value is -3.81. The third-order valence-corrected chi connectivity index (χ3v) is 3.95. The topological polar surface area (TPSA) is 91.7 Å². The lowest BCUT2D eigenvalue weighted by molar-refractivity contribution is -0.118. The van der Waals surface area contributed by atoms with E-state index in [4.69, 9.17) is 14.2 Å². The Morgan fingerprint density at radius 3 is 2.41 bits per heavy atom. The molecule has 0 aliphatic rings. The zero-order valence-electron chi connectivity index (χ0n) is 16.1. The number of methoxy groups -OCH3 is 1. The predicted octanol–water partition coefficient (Wildman–Crippen LogP) is 3.08. The van der Waals surface area contributed by atoms with E-state index in [1.165, 1.54) is 18.0 Å². The van der Waals surface area contributed by atoms with Crippen molar-refractivity contribution in [1.29, 1.82) is 0 Å². The number of hydrogen-bond acceptors (Lipinski definition) is 6. The quantitative estimate of drug-likeness (QED) is 0.590. The lowest BCUT2D eigenvalue weighted by Crippen LogP contribution is -2.23. The highest BCUT2D eigenvalue weighted by atomic mass is 16.5. The van der Waals surface area contributed by atoms with Crippen LogP contribution in [0, 0.1) is 0 Å². The number of esters is 1. The van der Waals surface area contributed by atoms with Gasteiger partial charge in [-0.25, -0.2) is 9.48 Å². The molecule has 0 bridgehead atoms. The summed E-state index contributed by atoms with van der Waals surface area (Å²) in [5.41, 5.74) is 0.838. The molecule has 150 valence electrons. The van der Waals surface area contributed by atoms with Gasteiger partial charge in [0.2, 0.25) is 0 Å². The largest absolute Gasteiger partial charge is 0.493 e. The van der Waals surface area contributed by atoms with Gasteiger partial charge in [-0.05, 0) is 31.2 Å². The van der Waals surface area contributed by atoms with Crippen molar-refractivity contribution in [3.8, 4) is 17.2 Å². The van der Waals surface area contributed by atoms with Crippen LogP contribution in [-0.2, 0) is 9.53 Å². The normalized spacial score (nSPS) is 10.3. The van der Waals surface area contributed by atoms with Crippen molar-refractivity contribution in [2.45, 2.75) is 6.92 Å². The number of rotatable bonds is 8. The molecule has 0 fully saturated rings. The summed E-state index contributed by atoms with van der Waals surface area (Å²) in [7, 11) is 1.52. The van der Waals surface area contributed by atoms with Crippen molar-refractivity contribution in [2.24, 2.45) is 0 Å². The molecule has 0 unspecified atom stereocenters. The molecule has 3 aromatic rings. The first kappa shape index (κ1) is 19.9. The monoisotopic (exact) mass is 395 g/mol. The van der Waals surface area contributed by atoms with Crippen LogP contribution in [0.4, 0.5) is 5.82 Å². The van der Waals surface area contributed by atoms with E-state index in [9.17, 15) is 9.59 Å². The second kappa shape index (κ2) is 9.41. The summed E-state index contributed by atoms with van der Waals surface area (Å²) >= 11 is 0. The van der Waals surface area contributed by atoms with Gasteiger partial charge in [0.05, 0.1) is 25.6 Å². The van der Waals surface area contributed by atoms with E-state index in [1.54, 1.807) is 31.2 Å². The van der Waals surface area contributed by atoms with Crippen molar-refractivity contribution in [2.75, 3.05) is 25.6 Å². The van der Waals surface area contributed by atoms with Crippen LogP contribution < -0.4 is 14.8 Å². The molecule has 3 rings (SSSR count). The number of anilines is 1. The van der Waals surface area contributed by atoms with Gasteiger partial charge in [0, 0.05) is 0 Å². The van der Waals surface area contributed by atoms with Gasteiger partial charge in [-0.1, -0.05) is 30.3 Å². The number of benzene rings is 2. The highest BCUT2D eigenvalue weighted by molar-refractivity contribution is 6.01. The van der Waals surface area contributed by atoms with Crippen LogP contribution in [0.25, 0.3) is 5.69 Å². The molecule has 2 aromatic carbocycles. The van der Waals surface area contributed by atoms with E-state index in [2.05, 4.69) is 10.4 Å². The number of nitrogens with zero attached hydrogens (tertiary/aromatic N) is 2. The summed E-state index contributed by atoms with van der Waals surface area (Å²) in [4.78, 5) is 24.8. The molecule has 8 heteroatoms. The van der Waals surface area contributed by atoms with Crippen molar-refractivity contribution in [3.63, 3.8) is 0 Å². The summed E-state index contributed by atoms with van der Waals surface area (Å²) in [5.74, 6) is 0.132. The lowest BCUT2D eigenvalue weighted by atomic mass is 10.3. The SMILES string of the molecule is CCOC(=O)c1cnn(-c2ccccc2)c1NC(=O)COc1ccccc1OC. The third-order valence-electron chi connectivity index (χ3n) is 3.95. The third kappa shape index (κ3) is 4.73. The van der Waals surface area contributed by atoms with E-state index >= 15 is 0 Å². The fraction of sp³-hybridized carbons (Fsp3) is 0.190. The fourth-order valence-electron chi connectivity index (χ4n) is 2.64. The Morgan fingerprint density at radius 2 is 1.72 bits per heavy atom. The highest BCUT2D eigenvalue weighted by Crippen LogP contribution is 2.26. The average Bonchev–Trinajstić information content (AvgIpc) is 3.16. The summed E-state index contributed by atoms with van der Waals surface area (Å²) in [6.07, 6.45) is 1.36. The van der Waals surface area contributed by atoms with Crippen LogP contribution in [-0.4, -0.2) is 42.0 Å². The van der Waals surface area contributed by atoms with Crippen LogP contribution in [0.3, 0.4) is 0 Å². The Morgan fingerprint density at radius 1 is 1.03 bits per heavy atom. The van der Waals surface area contributed by atoms with E-state index in [0.29, 0.717) is 17.2 Å². The zero-order chi connectivity index (χ0) is 20.6. The summed E-state index contributed by atoms with van der Waals surface area (Å²) in [6.45, 7) is 1.64. The van der Waals surface area contributed by atoms with Crippen LogP contribution in [0.15, 0.2) is 60.8 Å². The molecule has 0 spiro atoms. The number of carbonyl (C=O) groups is 2. The second-order valence-electron chi connectivity index (χ2n) is 5.86.